The Kier molecular flexibility index (Phi) is 57.9. The second-order valence-electron chi connectivity index (χ2n) is 19.9. The predicted octanol–water partition coefficient (Wildman–Crippen LogP) is 20.8. The average Bonchev–Trinajstić information content (AvgIpc) is 3.40. The van der Waals surface area contributed by atoms with Gasteiger partial charge in [-0.2, -0.15) is 0 Å². The predicted molar refractivity (Wildman–Crippen MR) is 320 cm³/mol. The van der Waals surface area contributed by atoms with Crippen LogP contribution in [0.2, 0.25) is 0 Å². The fraction of sp³-hybridized carbons (Fsp3) is 0.662. The Balaban J connectivity index is 4.28. The lowest BCUT2D eigenvalue weighted by Gasteiger charge is -2.18. The Bertz CT molecular complexity index is 1550. The van der Waals surface area contributed by atoms with E-state index < -0.39 is 6.10 Å². The minimum atomic E-state index is -0.792. The fourth-order valence-corrected chi connectivity index (χ4v) is 8.13. The van der Waals surface area contributed by atoms with Crippen molar-refractivity contribution in [3.63, 3.8) is 0 Å². The third-order valence-electron chi connectivity index (χ3n) is 12.7. The van der Waals surface area contributed by atoms with Gasteiger partial charge in [0.1, 0.15) is 13.2 Å². The van der Waals surface area contributed by atoms with E-state index in [4.69, 9.17) is 14.2 Å². The quantitative estimate of drug-likeness (QED) is 0.0261. The van der Waals surface area contributed by atoms with E-state index >= 15 is 0 Å². The molecular weight excluding hydrogens is 913 g/mol. The molecular formula is C68H112O6. The number of hydrogen-bond acceptors (Lipinski definition) is 6. The summed E-state index contributed by atoms with van der Waals surface area (Å²) in [6.45, 7) is 6.45. The Morgan fingerprint density at radius 1 is 0.284 bits per heavy atom. The van der Waals surface area contributed by atoms with Crippen LogP contribution in [0.25, 0.3) is 0 Å². The van der Waals surface area contributed by atoms with Crippen LogP contribution in [-0.2, 0) is 28.6 Å². The molecule has 0 rings (SSSR count). The van der Waals surface area contributed by atoms with Crippen LogP contribution >= 0.6 is 0 Å². The third-order valence-corrected chi connectivity index (χ3v) is 12.7. The number of hydrogen-bond donors (Lipinski definition) is 0. The molecule has 0 amide bonds. The Morgan fingerprint density at radius 2 is 0.527 bits per heavy atom. The molecule has 420 valence electrons. The van der Waals surface area contributed by atoms with E-state index in [1.807, 2.05) is 0 Å². The highest BCUT2D eigenvalue weighted by Crippen LogP contribution is 2.15. The molecule has 0 spiro atoms. The molecule has 6 nitrogen and oxygen atoms in total. The van der Waals surface area contributed by atoms with Gasteiger partial charge in [-0.3, -0.25) is 14.4 Å². The highest BCUT2D eigenvalue weighted by molar-refractivity contribution is 5.71. The van der Waals surface area contributed by atoms with Crippen molar-refractivity contribution in [1.82, 2.24) is 0 Å². The normalized spacial score (nSPS) is 13.0. The van der Waals surface area contributed by atoms with E-state index in [0.717, 1.165) is 128 Å². The van der Waals surface area contributed by atoms with Gasteiger partial charge in [-0.1, -0.05) is 258 Å². The SMILES string of the molecule is CC/C=C\C/C=C\C/C=C\C/C=C\C/C=C\C/C=C\C/C=C\C/C=C\CCCCCCC(=O)OCC(COC(=O)CCCCCCCCCC)OC(=O)CCCCCCCCCCC/C=C\C/C=C\CCCCC. The molecule has 0 N–H and O–H groups in total. The lowest BCUT2D eigenvalue weighted by molar-refractivity contribution is -0.167. The van der Waals surface area contributed by atoms with Gasteiger partial charge in [0.2, 0.25) is 0 Å². The number of ether oxygens (including phenoxy) is 3. The molecule has 0 aliphatic carbocycles. The van der Waals surface area contributed by atoms with Gasteiger partial charge in [0.25, 0.3) is 0 Å². The molecule has 6 heteroatoms. The van der Waals surface area contributed by atoms with E-state index in [0.29, 0.717) is 19.3 Å². The molecule has 74 heavy (non-hydrogen) atoms. The van der Waals surface area contributed by atoms with Crippen LogP contribution in [-0.4, -0.2) is 37.2 Å². The summed E-state index contributed by atoms with van der Waals surface area (Å²) >= 11 is 0. The van der Waals surface area contributed by atoms with Crippen molar-refractivity contribution < 1.29 is 28.6 Å². The van der Waals surface area contributed by atoms with Gasteiger partial charge < -0.3 is 14.2 Å². The van der Waals surface area contributed by atoms with Crippen molar-refractivity contribution in [2.45, 2.75) is 277 Å². The zero-order chi connectivity index (χ0) is 53.6. The van der Waals surface area contributed by atoms with Gasteiger partial charge in [-0.25, -0.2) is 0 Å². The minimum Gasteiger partial charge on any atom is -0.462 e. The minimum absolute atomic E-state index is 0.0888. The molecule has 1 unspecified atom stereocenters. The van der Waals surface area contributed by atoms with Crippen molar-refractivity contribution in [2.75, 3.05) is 13.2 Å². The molecule has 0 aromatic rings. The molecule has 0 aromatic heterocycles. The summed E-state index contributed by atoms with van der Waals surface area (Å²) in [5.41, 5.74) is 0. The molecule has 0 aromatic carbocycles. The van der Waals surface area contributed by atoms with Crippen LogP contribution in [0.3, 0.4) is 0 Å². The highest BCUT2D eigenvalue weighted by atomic mass is 16.6. The molecule has 0 saturated heterocycles. The summed E-state index contributed by atoms with van der Waals surface area (Å²) < 4.78 is 16.8. The standard InChI is InChI=1S/C68H112O6/c1-4-7-10-13-16-19-21-23-25-27-29-30-31-32-33-34-35-36-37-38-40-41-43-45-47-49-52-55-58-61-67(70)73-64-65(63-72-66(69)60-57-54-51-18-15-12-9-6-3)74-68(71)62-59-56-53-50-48-46-44-42-39-28-26-24-22-20-17-14-11-8-5-2/h7,10,16-17,19-20,23-26,29-30,32-33,35-36,38,40,43,45,65H,4-6,8-9,11-15,18,21-22,27-28,31,34,37,39,41-42,44,46-64H2,1-3H3/b10-7-,19-16-,20-17-,25-23-,26-24-,30-29-,33-32-,36-35-,40-38-,45-43-. The van der Waals surface area contributed by atoms with Crippen LogP contribution in [0.4, 0.5) is 0 Å². The Labute approximate surface area is 456 Å². The first kappa shape index (κ1) is 69.8. The van der Waals surface area contributed by atoms with Crippen LogP contribution in [0.15, 0.2) is 122 Å². The lowest BCUT2D eigenvalue weighted by atomic mass is 10.1. The number of rotatable bonds is 54. The first-order chi connectivity index (χ1) is 36.5. The van der Waals surface area contributed by atoms with E-state index in [1.54, 1.807) is 0 Å². The third kappa shape index (κ3) is 58.7. The number of unbranched alkanes of at least 4 members (excludes halogenated alkanes) is 23. The first-order valence-corrected chi connectivity index (χ1v) is 30.5. The van der Waals surface area contributed by atoms with Gasteiger partial charge in [-0.15, -0.1) is 0 Å². The maximum absolute atomic E-state index is 12.8. The summed E-state index contributed by atoms with van der Waals surface area (Å²) in [6.07, 6.45) is 84.9. The molecule has 0 aliphatic heterocycles. The summed E-state index contributed by atoms with van der Waals surface area (Å²) in [5, 5.41) is 0. The molecule has 0 radical (unpaired) electrons. The smallest absolute Gasteiger partial charge is 0.306 e. The second-order valence-corrected chi connectivity index (χ2v) is 19.9. The second kappa shape index (κ2) is 61.4. The number of esters is 3. The lowest BCUT2D eigenvalue weighted by Crippen LogP contribution is -2.30. The zero-order valence-electron chi connectivity index (χ0n) is 48.1. The van der Waals surface area contributed by atoms with Crippen molar-refractivity contribution in [3.8, 4) is 0 Å². The largest absolute Gasteiger partial charge is 0.462 e. The molecule has 0 fully saturated rings. The summed E-state index contributed by atoms with van der Waals surface area (Å²) in [4.78, 5) is 38.1. The molecule has 0 heterocycles. The van der Waals surface area contributed by atoms with Crippen LogP contribution in [0.1, 0.15) is 271 Å². The maximum Gasteiger partial charge on any atom is 0.306 e. The molecule has 0 saturated carbocycles. The van der Waals surface area contributed by atoms with Crippen molar-refractivity contribution in [2.24, 2.45) is 0 Å². The highest BCUT2D eigenvalue weighted by Gasteiger charge is 2.19. The van der Waals surface area contributed by atoms with Gasteiger partial charge in [0.05, 0.1) is 0 Å². The number of carbonyl (C=O) groups excluding carboxylic acids is 3. The Hall–Kier alpha value is -4.19. The van der Waals surface area contributed by atoms with Crippen molar-refractivity contribution >= 4 is 17.9 Å². The topological polar surface area (TPSA) is 78.9 Å². The van der Waals surface area contributed by atoms with Crippen LogP contribution < -0.4 is 0 Å². The zero-order valence-corrected chi connectivity index (χ0v) is 48.1. The van der Waals surface area contributed by atoms with E-state index in [1.165, 1.54) is 103 Å². The monoisotopic (exact) mass is 1020 g/mol. The van der Waals surface area contributed by atoms with E-state index in [2.05, 4.69) is 142 Å². The number of allylic oxidation sites excluding steroid dienone is 20. The fourth-order valence-electron chi connectivity index (χ4n) is 8.13. The maximum atomic E-state index is 12.8. The van der Waals surface area contributed by atoms with E-state index in [-0.39, 0.29) is 31.1 Å². The summed E-state index contributed by atoms with van der Waals surface area (Å²) in [7, 11) is 0. The van der Waals surface area contributed by atoms with Crippen molar-refractivity contribution in [1.29, 1.82) is 0 Å². The van der Waals surface area contributed by atoms with Gasteiger partial charge in [0.15, 0.2) is 6.10 Å². The average molecular weight is 1030 g/mol. The van der Waals surface area contributed by atoms with Crippen LogP contribution in [0.5, 0.6) is 0 Å². The molecule has 0 bridgehead atoms. The molecule has 1 atom stereocenters. The number of carbonyl (C=O) groups is 3. The van der Waals surface area contributed by atoms with Crippen molar-refractivity contribution in [3.05, 3.63) is 122 Å². The molecule has 0 aliphatic rings. The van der Waals surface area contributed by atoms with E-state index in [9.17, 15) is 14.4 Å². The van der Waals surface area contributed by atoms with Crippen LogP contribution in [0, 0.1) is 0 Å². The first-order valence-electron chi connectivity index (χ1n) is 30.5. The van der Waals surface area contributed by atoms with Gasteiger partial charge in [-0.05, 0) is 116 Å². The summed E-state index contributed by atoms with van der Waals surface area (Å²) in [6, 6.07) is 0. The van der Waals surface area contributed by atoms with Gasteiger partial charge in [0, 0.05) is 19.3 Å². The van der Waals surface area contributed by atoms with Gasteiger partial charge >= 0.3 is 17.9 Å². The Morgan fingerprint density at radius 3 is 0.851 bits per heavy atom. The summed E-state index contributed by atoms with van der Waals surface area (Å²) in [5.74, 6) is -0.923.